The van der Waals surface area contributed by atoms with Crippen LogP contribution in [-0.2, 0) is 17.8 Å². The van der Waals surface area contributed by atoms with Crippen molar-refractivity contribution in [2.24, 2.45) is 5.41 Å². The Morgan fingerprint density at radius 3 is 2.33 bits per heavy atom. The summed E-state index contributed by atoms with van der Waals surface area (Å²) in [5.74, 6) is -1.26. The Balaban J connectivity index is 1.08. The lowest BCUT2D eigenvalue weighted by molar-refractivity contribution is -0.146. The third kappa shape index (κ3) is 6.07. The normalized spacial score (nSPS) is 16.0. The Kier molecular flexibility index (Phi) is 8.26. The quantitative estimate of drug-likeness (QED) is 0.317. The molecule has 6 nitrogen and oxygen atoms in total. The highest BCUT2D eigenvalue weighted by molar-refractivity contribution is 6.31. The number of likely N-dealkylation sites (tertiary alicyclic amines) is 2. The number of ether oxygens (including phenoxy) is 2. The number of methoxy groups -OCH3 is 1. The largest absolute Gasteiger partial charge is 0.493 e. The molecule has 3 aromatic rings. The zero-order valence-electron chi connectivity index (χ0n) is 22.3. The Morgan fingerprint density at radius 1 is 0.925 bits per heavy atom. The zero-order valence-corrected chi connectivity index (χ0v) is 23.1. The van der Waals surface area contributed by atoms with Crippen LogP contribution in [0.25, 0.3) is 0 Å². The molecule has 0 unspecified atom stereocenters. The van der Waals surface area contributed by atoms with Crippen molar-refractivity contribution in [2.75, 3.05) is 33.3 Å². The van der Waals surface area contributed by atoms with Gasteiger partial charge in [0.05, 0.1) is 12.1 Å². The number of benzene rings is 3. The molecule has 9 heteroatoms. The number of nitrogens with zero attached hydrogens (tertiary/aromatic N) is 2. The molecule has 0 aliphatic carbocycles. The minimum Gasteiger partial charge on any atom is -0.493 e. The van der Waals surface area contributed by atoms with Crippen molar-refractivity contribution in [3.63, 3.8) is 0 Å². The lowest BCUT2D eigenvalue weighted by Gasteiger charge is -2.54. The van der Waals surface area contributed by atoms with E-state index in [4.69, 9.17) is 21.1 Å². The summed E-state index contributed by atoms with van der Waals surface area (Å²) in [6.45, 7) is 2.77. The number of hydrogen-bond acceptors (Lipinski definition) is 4. The van der Waals surface area contributed by atoms with Crippen LogP contribution in [0.4, 0.5) is 8.78 Å². The second kappa shape index (κ2) is 11.8. The van der Waals surface area contributed by atoms with Gasteiger partial charge in [0.1, 0.15) is 6.61 Å². The van der Waals surface area contributed by atoms with E-state index in [1.165, 1.54) is 0 Å². The Bertz CT molecular complexity index is 1360. The molecule has 2 fully saturated rings. The molecular formula is C31H31ClF2N2O4. The van der Waals surface area contributed by atoms with Gasteiger partial charge in [0.25, 0.3) is 5.91 Å². The molecule has 1 spiro atoms. The van der Waals surface area contributed by atoms with Crippen LogP contribution in [0.2, 0.25) is 5.02 Å². The molecule has 0 radical (unpaired) electrons. The summed E-state index contributed by atoms with van der Waals surface area (Å²) >= 11 is 5.71. The molecular weight excluding hydrogens is 538 g/mol. The summed E-state index contributed by atoms with van der Waals surface area (Å²) in [6.07, 6.45) is 2.49. The minimum atomic E-state index is -1.15. The van der Waals surface area contributed by atoms with E-state index in [0.717, 1.165) is 36.1 Å². The van der Waals surface area contributed by atoms with E-state index in [1.54, 1.807) is 12.0 Å². The minimum absolute atomic E-state index is 0.000901. The summed E-state index contributed by atoms with van der Waals surface area (Å²) in [5, 5.41) is -0.407. The third-order valence-electron chi connectivity index (χ3n) is 7.84. The van der Waals surface area contributed by atoms with E-state index in [-0.39, 0.29) is 22.8 Å². The molecule has 0 bridgehead atoms. The van der Waals surface area contributed by atoms with E-state index in [0.29, 0.717) is 57.1 Å². The second-order valence-corrected chi connectivity index (χ2v) is 11.0. The van der Waals surface area contributed by atoms with Crippen LogP contribution in [0.1, 0.15) is 40.7 Å². The highest BCUT2D eigenvalue weighted by Crippen LogP contribution is 2.41. The topological polar surface area (TPSA) is 59.1 Å². The maximum atomic E-state index is 13.7. The first-order valence-electron chi connectivity index (χ1n) is 13.3. The smallest absolute Gasteiger partial charge is 0.254 e. The summed E-state index contributed by atoms with van der Waals surface area (Å²) in [7, 11) is 1.60. The monoisotopic (exact) mass is 568 g/mol. The van der Waals surface area contributed by atoms with E-state index in [2.05, 4.69) is 0 Å². The van der Waals surface area contributed by atoms with Gasteiger partial charge in [0, 0.05) is 43.6 Å². The van der Waals surface area contributed by atoms with Crippen molar-refractivity contribution >= 4 is 23.4 Å². The van der Waals surface area contributed by atoms with Crippen LogP contribution in [-0.4, -0.2) is 54.9 Å². The molecule has 5 rings (SSSR count). The number of piperidine rings is 1. The Labute approximate surface area is 237 Å². The molecule has 0 N–H and O–H groups in total. The van der Waals surface area contributed by atoms with Crippen LogP contribution in [0.15, 0.2) is 60.7 Å². The summed E-state index contributed by atoms with van der Waals surface area (Å²) in [5.41, 5.74) is 2.10. The molecule has 2 aliphatic rings. The maximum absolute atomic E-state index is 13.7. The predicted molar refractivity (Wildman–Crippen MR) is 148 cm³/mol. The van der Waals surface area contributed by atoms with Gasteiger partial charge < -0.3 is 19.3 Å². The van der Waals surface area contributed by atoms with E-state index >= 15 is 0 Å². The number of rotatable bonds is 8. The maximum Gasteiger partial charge on any atom is 0.254 e. The summed E-state index contributed by atoms with van der Waals surface area (Å²) in [4.78, 5) is 29.2. The first-order chi connectivity index (χ1) is 19.3. The van der Waals surface area contributed by atoms with Crippen LogP contribution < -0.4 is 9.47 Å². The van der Waals surface area contributed by atoms with E-state index in [9.17, 15) is 18.4 Å². The van der Waals surface area contributed by atoms with Gasteiger partial charge in [0.2, 0.25) is 5.91 Å². The predicted octanol–water partition coefficient (Wildman–Crippen LogP) is 5.90. The van der Waals surface area contributed by atoms with Crippen molar-refractivity contribution in [1.29, 1.82) is 0 Å². The fraction of sp³-hybridized carbons (Fsp3) is 0.355. The van der Waals surface area contributed by atoms with Crippen molar-refractivity contribution in [3.8, 4) is 11.5 Å². The molecule has 2 aliphatic heterocycles. The molecule has 0 saturated carbocycles. The Morgan fingerprint density at radius 2 is 1.65 bits per heavy atom. The van der Waals surface area contributed by atoms with Crippen molar-refractivity contribution in [3.05, 3.63) is 94.0 Å². The first-order valence-corrected chi connectivity index (χ1v) is 13.7. The van der Waals surface area contributed by atoms with Gasteiger partial charge in [-0.05, 0) is 54.7 Å². The van der Waals surface area contributed by atoms with Crippen LogP contribution in [0, 0.1) is 17.0 Å². The summed E-state index contributed by atoms with van der Waals surface area (Å²) in [6, 6.07) is 17.7. The highest BCUT2D eigenvalue weighted by atomic mass is 35.5. The van der Waals surface area contributed by atoms with Crippen molar-refractivity contribution in [1.82, 2.24) is 9.80 Å². The molecule has 3 aromatic carbocycles. The lowest BCUT2D eigenvalue weighted by atomic mass is 9.71. The number of hydrogen-bond donors (Lipinski definition) is 0. The van der Waals surface area contributed by atoms with Crippen LogP contribution in [0.3, 0.4) is 0 Å². The number of halogens is 3. The van der Waals surface area contributed by atoms with Gasteiger partial charge >= 0.3 is 0 Å². The highest BCUT2D eigenvalue weighted by Gasteiger charge is 2.47. The lowest BCUT2D eigenvalue weighted by Crippen LogP contribution is -2.62. The SMILES string of the molecule is COc1cc(CCC(=O)N2CC3(CCN(C(=O)c4cc(F)c(F)c(Cl)c4)CC3)C2)ccc1OCc1ccccc1. The van der Waals surface area contributed by atoms with Gasteiger partial charge in [-0.25, -0.2) is 8.78 Å². The van der Waals surface area contributed by atoms with Crippen LogP contribution >= 0.6 is 11.6 Å². The molecule has 2 amide bonds. The van der Waals surface area contributed by atoms with E-state index < -0.39 is 16.7 Å². The molecule has 2 heterocycles. The molecule has 2 saturated heterocycles. The average Bonchev–Trinajstić information content (AvgIpc) is 2.96. The van der Waals surface area contributed by atoms with Gasteiger partial charge in [-0.3, -0.25) is 9.59 Å². The zero-order chi connectivity index (χ0) is 28.3. The van der Waals surface area contributed by atoms with Gasteiger partial charge in [0.15, 0.2) is 23.1 Å². The number of aryl methyl sites for hydroxylation is 1. The summed E-state index contributed by atoms with van der Waals surface area (Å²) < 4.78 is 38.6. The van der Waals surface area contributed by atoms with Gasteiger partial charge in [-0.2, -0.15) is 0 Å². The molecule has 40 heavy (non-hydrogen) atoms. The van der Waals surface area contributed by atoms with Crippen molar-refractivity contribution in [2.45, 2.75) is 32.3 Å². The van der Waals surface area contributed by atoms with Gasteiger partial charge in [-0.1, -0.05) is 48.0 Å². The average molecular weight is 569 g/mol. The number of carbonyl (C=O) groups is 2. The third-order valence-corrected chi connectivity index (χ3v) is 8.12. The molecule has 210 valence electrons. The van der Waals surface area contributed by atoms with Gasteiger partial charge in [-0.15, -0.1) is 0 Å². The second-order valence-electron chi connectivity index (χ2n) is 10.6. The standard InChI is InChI=1S/C31H31ClF2N2O4/c1-39-27-15-21(7-9-26(27)40-18-22-5-3-2-4-6-22)8-10-28(37)36-19-31(20-36)11-13-35(14-12-31)30(38)23-16-24(32)29(34)25(33)17-23/h2-7,9,15-17H,8,10-14,18-20H2,1H3. The first kappa shape index (κ1) is 27.9. The number of carbonyl (C=O) groups excluding carboxylic acids is 2. The fourth-order valence-electron chi connectivity index (χ4n) is 5.43. The Hall–Kier alpha value is -3.65. The molecule has 0 aromatic heterocycles. The van der Waals surface area contributed by atoms with E-state index in [1.807, 2.05) is 53.4 Å². The van der Waals surface area contributed by atoms with Crippen molar-refractivity contribution < 1.29 is 27.8 Å². The fourth-order valence-corrected chi connectivity index (χ4v) is 5.64. The van der Waals surface area contributed by atoms with Crippen LogP contribution in [0.5, 0.6) is 11.5 Å². The number of amides is 2. The molecule has 0 atom stereocenters.